The Hall–Kier alpha value is -3.06. The normalized spacial score (nSPS) is 10.7. The van der Waals surface area contributed by atoms with E-state index in [4.69, 9.17) is 4.74 Å². The first-order chi connectivity index (χ1) is 11.1. The van der Waals surface area contributed by atoms with Crippen LogP contribution in [0, 0.1) is 18.3 Å². The molecule has 0 unspecified atom stereocenters. The summed E-state index contributed by atoms with van der Waals surface area (Å²) in [6, 6.07) is 16.6. The number of rotatable bonds is 5. The second-order valence-corrected chi connectivity index (χ2v) is 5.00. The number of carbonyl (C=O) groups is 1. The number of nitrogens with zero attached hydrogens (tertiary/aromatic N) is 1. The molecule has 1 N–H and O–H groups in total. The fraction of sp³-hybridized carbons (Fsp3) is 0.158. The van der Waals surface area contributed by atoms with Crippen LogP contribution in [0.4, 0.5) is 5.69 Å². The molecular formula is C19H18N2O2. The van der Waals surface area contributed by atoms with Gasteiger partial charge in [0.2, 0.25) is 0 Å². The summed E-state index contributed by atoms with van der Waals surface area (Å²) in [6.45, 7) is 4.46. The lowest BCUT2D eigenvalue weighted by Crippen LogP contribution is -2.13. The summed E-state index contributed by atoms with van der Waals surface area (Å²) < 4.78 is 5.35. The van der Waals surface area contributed by atoms with Gasteiger partial charge in [0.05, 0.1) is 6.61 Å². The molecule has 0 saturated carbocycles. The van der Waals surface area contributed by atoms with Gasteiger partial charge in [-0.25, -0.2) is 0 Å². The molecule has 23 heavy (non-hydrogen) atoms. The molecule has 0 atom stereocenters. The van der Waals surface area contributed by atoms with Crippen molar-refractivity contribution < 1.29 is 9.53 Å². The van der Waals surface area contributed by atoms with Crippen LogP contribution >= 0.6 is 0 Å². The van der Waals surface area contributed by atoms with Gasteiger partial charge in [-0.1, -0.05) is 29.8 Å². The van der Waals surface area contributed by atoms with Crippen LogP contribution in [0.15, 0.2) is 54.1 Å². The Labute approximate surface area is 136 Å². The lowest BCUT2D eigenvalue weighted by Gasteiger charge is -2.06. The van der Waals surface area contributed by atoms with Gasteiger partial charge in [0.25, 0.3) is 5.91 Å². The lowest BCUT2D eigenvalue weighted by molar-refractivity contribution is -0.112. The van der Waals surface area contributed by atoms with E-state index in [1.54, 1.807) is 30.3 Å². The monoisotopic (exact) mass is 306 g/mol. The molecule has 0 spiro atoms. The molecule has 4 nitrogen and oxygen atoms in total. The third-order valence-corrected chi connectivity index (χ3v) is 3.14. The number of benzene rings is 2. The molecule has 0 aliphatic carbocycles. The van der Waals surface area contributed by atoms with E-state index in [0.717, 1.165) is 16.9 Å². The number of carbonyl (C=O) groups excluding carboxylic acids is 1. The Balaban J connectivity index is 2.12. The fourth-order valence-electron chi connectivity index (χ4n) is 2.07. The van der Waals surface area contributed by atoms with E-state index >= 15 is 0 Å². The molecule has 0 radical (unpaired) electrons. The van der Waals surface area contributed by atoms with Crippen molar-refractivity contribution in [3.05, 3.63) is 65.2 Å². The van der Waals surface area contributed by atoms with E-state index in [9.17, 15) is 10.1 Å². The van der Waals surface area contributed by atoms with Crippen molar-refractivity contribution in [3.63, 3.8) is 0 Å². The van der Waals surface area contributed by atoms with Crippen LogP contribution in [-0.4, -0.2) is 12.5 Å². The molecule has 1 amide bonds. The van der Waals surface area contributed by atoms with Crippen molar-refractivity contribution in [1.82, 2.24) is 0 Å². The number of anilines is 1. The maximum atomic E-state index is 12.2. The van der Waals surface area contributed by atoms with Gasteiger partial charge in [0, 0.05) is 5.69 Å². The minimum absolute atomic E-state index is 0.0597. The average molecular weight is 306 g/mol. The first kappa shape index (κ1) is 16.3. The third-order valence-electron chi connectivity index (χ3n) is 3.14. The van der Waals surface area contributed by atoms with Crippen molar-refractivity contribution in [2.45, 2.75) is 13.8 Å². The molecule has 4 heteroatoms. The van der Waals surface area contributed by atoms with Crippen LogP contribution in [0.1, 0.15) is 18.1 Å². The number of nitriles is 1. The highest BCUT2D eigenvalue weighted by Gasteiger charge is 2.09. The van der Waals surface area contributed by atoms with Crippen molar-refractivity contribution in [1.29, 1.82) is 5.26 Å². The van der Waals surface area contributed by atoms with Crippen LogP contribution in [0.25, 0.3) is 6.08 Å². The molecular weight excluding hydrogens is 288 g/mol. The van der Waals surface area contributed by atoms with Gasteiger partial charge >= 0.3 is 0 Å². The summed E-state index contributed by atoms with van der Waals surface area (Å²) in [5.41, 5.74) is 2.57. The molecule has 0 saturated heterocycles. The highest BCUT2D eigenvalue weighted by atomic mass is 16.5. The molecule has 2 aromatic rings. The van der Waals surface area contributed by atoms with Crippen LogP contribution in [0.5, 0.6) is 5.75 Å². The zero-order chi connectivity index (χ0) is 16.7. The molecule has 0 aliphatic rings. The van der Waals surface area contributed by atoms with Crippen molar-refractivity contribution >= 4 is 17.7 Å². The highest BCUT2D eigenvalue weighted by Crippen LogP contribution is 2.17. The van der Waals surface area contributed by atoms with Gasteiger partial charge in [-0.15, -0.1) is 0 Å². The predicted octanol–water partition coefficient (Wildman–Crippen LogP) is 3.94. The molecule has 0 fully saturated rings. The van der Waals surface area contributed by atoms with E-state index in [1.165, 1.54) is 0 Å². The van der Waals surface area contributed by atoms with Crippen LogP contribution in [0.2, 0.25) is 0 Å². The Morgan fingerprint density at radius 3 is 2.61 bits per heavy atom. The zero-order valence-corrected chi connectivity index (χ0v) is 13.2. The van der Waals surface area contributed by atoms with Gasteiger partial charge < -0.3 is 10.1 Å². The van der Waals surface area contributed by atoms with Gasteiger partial charge in [-0.05, 0) is 49.8 Å². The number of hydrogen-bond donors (Lipinski definition) is 1. The van der Waals surface area contributed by atoms with Gasteiger partial charge in [-0.3, -0.25) is 4.79 Å². The second kappa shape index (κ2) is 7.81. The van der Waals surface area contributed by atoms with E-state index < -0.39 is 5.91 Å². The zero-order valence-electron chi connectivity index (χ0n) is 13.2. The Kier molecular flexibility index (Phi) is 5.54. The van der Waals surface area contributed by atoms with Crippen LogP contribution in [0.3, 0.4) is 0 Å². The van der Waals surface area contributed by atoms with Crippen LogP contribution < -0.4 is 10.1 Å². The smallest absolute Gasteiger partial charge is 0.266 e. The molecule has 0 bridgehead atoms. The summed E-state index contributed by atoms with van der Waals surface area (Å²) in [5, 5.41) is 11.9. The molecule has 2 aromatic carbocycles. The highest BCUT2D eigenvalue weighted by molar-refractivity contribution is 6.09. The first-order valence-electron chi connectivity index (χ1n) is 7.35. The third kappa shape index (κ3) is 4.72. The molecule has 2 rings (SSSR count). The molecule has 116 valence electrons. The van der Waals surface area contributed by atoms with E-state index in [-0.39, 0.29) is 5.57 Å². The number of nitrogens with one attached hydrogen (secondary N) is 1. The summed E-state index contributed by atoms with van der Waals surface area (Å²) in [6.07, 6.45) is 1.58. The van der Waals surface area contributed by atoms with E-state index in [2.05, 4.69) is 5.32 Å². The van der Waals surface area contributed by atoms with Gasteiger partial charge in [-0.2, -0.15) is 5.26 Å². The molecule has 0 aliphatic heterocycles. The lowest BCUT2D eigenvalue weighted by atomic mass is 10.1. The summed E-state index contributed by atoms with van der Waals surface area (Å²) in [5.74, 6) is 0.305. The van der Waals surface area contributed by atoms with Crippen molar-refractivity contribution in [3.8, 4) is 11.8 Å². The summed E-state index contributed by atoms with van der Waals surface area (Å²) in [7, 11) is 0. The van der Waals surface area contributed by atoms with Gasteiger partial charge in [0.1, 0.15) is 17.4 Å². The van der Waals surface area contributed by atoms with E-state index in [1.807, 2.05) is 44.2 Å². The van der Waals surface area contributed by atoms with Crippen molar-refractivity contribution in [2.75, 3.05) is 11.9 Å². The summed E-state index contributed by atoms with van der Waals surface area (Å²) >= 11 is 0. The van der Waals surface area contributed by atoms with Crippen molar-refractivity contribution in [2.24, 2.45) is 0 Å². The number of hydrogen-bond acceptors (Lipinski definition) is 3. The van der Waals surface area contributed by atoms with Crippen LogP contribution in [-0.2, 0) is 4.79 Å². The Morgan fingerprint density at radius 2 is 2.00 bits per heavy atom. The standard InChI is InChI=1S/C19H18N2O2/c1-3-23-18-9-7-17(8-10-18)21-19(22)16(13-20)12-15-6-4-5-14(2)11-15/h4-12H,3H2,1-2H3,(H,21,22)/b16-12+. The number of ether oxygens (including phenoxy) is 1. The Bertz CT molecular complexity index is 756. The second-order valence-electron chi connectivity index (χ2n) is 5.00. The number of amides is 1. The first-order valence-corrected chi connectivity index (χ1v) is 7.35. The largest absolute Gasteiger partial charge is 0.494 e. The minimum atomic E-state index is -0.432. The Morgan fingerprint density at radius 1 is 1.26 bits per heavy atom. The maximum Gasteiger partial charge on any atom is 0.266 e. The quantitative estimate of drug-likeness (QED) is 0.672. The maximum absolute atomic E-state index is 12.2. The molecule has 0 aromatic heterocycles. The predicted molar refractivity (Wildman–Crippen MR) is 91.0 cm³/mol. The van der Waals surface area contributed by atoms with E-state index in [0.29, 0.717) is 12.3 Å². The minimum Gasteiger partial charge on any atom is -0.494 e. The fourth-order valence-corrected chi connectivity index (χ4v) is 2.07. The average Bonchev–Trinajstić information content (AvgIpc) is 2.54. The topological polar surface area (TPSA) is 62.1 Å². The summed E-state index contributed by atoms with van der Waals surface area (Å²) in [4.78, 5) is 12.2. The SMILES string of the molecule is CCOc1ccc(NC(=O)/C(C#N)=C/c2cccc(C)c2)cc1. The molecule has 0 heterocycles. The van der Waals surface area contributed by atoms with Gasteiger partial charge in [0.15, 0.2) is 0 Å². The number of aryl methyl sites for hydroxylation is 1.